The van der Waals surface area contributed by atoms with Crippen molar-refractivity contribution in [1.29, 1.82) is 0 Å². The van der Waals surface area contributed by atoms with Gasteiger partial charge >= 0.3 is 5.97 Å². The molecule has 10 heteroatoms. The van der Waals surface area contributed by atoms with Gasteiger partial charge < -0.3 is 10.1 Å². The summed E-state index contributed by atoms with van der Waals surface area (Å²) in [5.41, 5.74) is 2.35. The Morgan fingerprint density at radius 1 is 1.21 bits per heavy atom. The number of carbonyl (C=O) groups excluding carboxylic acids is 1. The van der Waals surface area contributed by atoms with E-state index in [-0.39, 0.29) is 4.90 Å². The van der Waals surface area contributed by atoms with E-state index in [4.69, 9.17) is 4.74 Å². The first-order valence-electron chi connectivity index (χ1n) is 8.47. The molecule has 4 rings (SSSR count). The number of fused-ring (bicyclic) bond motifs is 3. The van der Waals surface area contributed by atoms with Crippen LogP contribution in [-0.2, 0) is 14.6 Å². The molecule has 0 fully saturated rings. The number of aromatic nitrogens is 4. The van der Waals surface area contributed by atoms with Gasteiger partial charge in [0.2, 0.25) is 5.95 Å². The van der Waals surface area contributed by atoms with E-state index >= 15 is 0 Å². The van der Waals surface area contributed by atoms with Crippen LogP contribution in [0.5, 0.6) is 0 Å². The SMILES string of the molecule is CCOC(=O)c1ccc2c(c1)nc1nc(Nc3cccc(S(C)(=O)=O)c3)[nH]n12. The summed E-state index contributed by atoms with van der Waals surface area (Å²) in [5, 5.41) is 6.10. The third kappa shape index (κ3) is 3.29. The van der Waals surface area contributed by atoms with Gasteiger partial charge in [0, 0.05) is 11.9 Å². The molecule has 9 nitrogen and oxygen atoms in total. The Morgan fingerprint density at radius 2 is 2.04 bits per heavy atom. The van der Waals surface area contributed by atoms with Crippen molar-refractivity contribution in [2.24, 2.45) is 0 Å². The number of anilines is 2. The lowest BCUT2D eigenvalue weighted by atomic mass is 10.2. The van der Waals surface area contributed by atoms with Gasteiger partial charge in [-0.2, -0.15) is 4.98 Å². The smallest absolute Gasteiger partial charge is 0.338 e. The van der Waals surface area contributed by atoms with Crippen molar-refractivity contribution in [3.63, 3.8) is 0 Å². The van der Waals surface area contributed by atoms with Gasteiger partial charge in [-0.15, -0.1) is 0 Å². The van der Waals surface area contributed by atoms with Crippen molar-refractivity contribution in [2.45, 2.75) is 11.8 Å². The fourth-order valence-corrected chi connectivity index (χ4v) is 3.49. The normalized spacial score (nSPS) is 11.8. The van der Waals surface area contributed by atoms with Gasteiger partial charge in [-0.1, -0.05) is 6.07 Å². The molecule has 0 saturated heterocycles. The summed E-state index contributed by atoms with van der Waals surface area (Å²) in [6.07, 6.45) is 1.16. The highest BCUT2D eigenvalue weighted by Crippen LogP contribution is 2.21. The van der Waals surface area contributed by atoms with Crippen molar-refractivity contribution >= 4 is 44.3 Å². The lowest BCUT2D eigenvalue weighted by Crippen LogP contribution is -2.04. The first-order valence-corrected chi connectivity index (χ1v) is 10.4. The average molecular weight is 399 g/mol. The summed E-state index contributed by atoms with van der Waals surface area (Å²) < 4.78 is 30.1. The first kappa shape index (κ1) is 18.0. The van der Waals surface area contributed by atoms with E-state index in [9.17, 15) is 13.2 Å². The summed E-state index contributed by atoms with van der Waals surface area (Å²) in [4.78, 5) is 20.9. The van der Waals surface area contributed by atoms with Crippen molar-refractivity contribution in [1.82, 2.24) is 19.6 Å². The second-order valence-electron chi connectivity index (χ2n) is 6.17. The molecular formula is C18H17N5O4S. The summed E-state index contributed by atoms with van der Waals surface area (Å²) in [7, 11) is -3.30. The number of nitrogens with one attached hydrogen (secondary N) is 2. The number of carbonyl (C=O) groups is 1. The molecule has 2 heterocycles. The molecule has 0 atom stereocenters. The topological polar surface area (TPSA) is 118 Å². The number of hydrogen-bond donors (Lipinski definition) is 2. The van der Waals surface area contributed by atoms with Crippen molar-refractivity contribution in [3.8, 4) is 0 Å². The number of ether oxygens (including phenoxy) is 1. The van der Waals surface area contributed by atoms with Gasteiger partial charge in [0.1, 0.15) is 0 Å². The van der Waals surface area contributed by atoms with E-state index in [1.807, 2.05) is 0 Å². The number of benzene rings is 2. The van der Waals surface area contributed by atoms with E-state index in [0.717, 1.165) is 11.8 Å². The van der Waals surface area contributed by atoms with E-state index in [1.54, 1.807) is 41.8 Å². The van der Waals surface area contributed by atoms with Crippen molar-refractivity contribution < 1.29 is 17.9 Å². The Balaban J connectivity index is 1.66. The molecule has 0 radical (unpaired) electrons. The van der Waals surface area contributed by atoms with E-state index < -0.39 is 15.8 Å². The van der Waals surface area contributed by atoms with Gasteiger partial charge in [-0.05, 0) is 43.3 Å². The third-order valence-electron chi connectivity index (χ3n) is 4.10. The molecule has 28 heavy (non-hydrogen) atoms. The molecule has 0 aliphatic heterocycles. The minimum atomic E-state index is -3.30. The van der Waals surface area contributed by atoms with Gasteiger partial charge in [-0.25, -0.2) is 22.7 Å². The average Bonchev–Trinajstić information content (AvgIpc) is 3.18. The molecule has 2 N–H and O–H groups in total. The molecule has 144 valence electrons. The number of imidazole rings is 1. The zero-order chi connectivity index (χ0) is 19.9. The van der Waals surface area contributed by atoms with Crippen LogP contribution in [0.25, 0.3) is 16.8 Å². The van der Waals surface area contributed by atoms with Crippen LogP contribution >= 0.6 is 0 Å². The van der Waals surface area contributed by atoms with Crippen LogP contribution in [0.15, 0.2) is 47.4 Å². The molecule has 2 aromatic carbocycles. The Hall–Kier alpha value is -3.40. The largest absolute Gasteiger partial charge is 0.462 e. The predicted molar refractivity (Wildman–Crippen MR) is 104 cm³/mol. The molecule has 0 unspecified atom stereocenters. The highest BCUT2D eigenvalue weighted by molar-refractivity contribution is 7.90. The van der Waals surface area contributed by atoms with Gasteiger partial charge in [0.15, 0.2) is 9.84 Å². The molecule has 0 bridgehead atoms. The quantitative estimate of drug-likeness (QED) is 0.495. The Morgan fingerprint density at radius 3 is 2.79 bits per heavy atom. The summed E-state index contributed by atoms with van der Waals surface area (Å²) in [6.45, 7) is 2.05. The van der Waals surface area contributed by atoms with Crippen molar-refractivity contribution in [3.05, 3.63) is 48.0 Å². The summed E-state index contributed by atoms with van der Waals surface area (Å²) in [5.74, 6) is 0.421. The Kier molecular flexibility index (Phi) is 4.27. The summed E-state index contributed by atoms with van der Waals surface area (Å²) >= 11 is 0. The van der Waals surface area contributed by atoms with Crippen LogP contribution in [0.2, 0.25) is 0 Å². The van der Waals surface area contributed by atoms with Crippen LogP contribution < -0.4 is 5.32 Å². The molecule has 2 aromatic heterocycles. The highest BCUT2D eigenvalue weighted by Gasteiger charge is 2.14. The predicted octanol–water partition coefficient (Wildman–Crippen LogP) is 2.53. The van der Waals surface area contributed by atoms with Crippen LogP contribution in [0, 0.1) is 0 Å². The van der Waals surface area contributed by atoms with E-state index in [2.05, 4.69) is 20.4 Å². The molecule has 0 saturated carbocycles. The number of sulfone groups is 1. The molecule has 0 aliphatic carbocycles. The number of rotatable bonds is 5. The second-order valence-corrected chi connectivity index (χ2v) is 8.18. The molecular weight excluding hydrogens is 382 g/mol. The zero-order valence-corrected chi connectivity index (χ0v) is 15.9. The number of hydrogen-bond acceptors (Lipinski definition) is 7. The number of nitrogens with zero attached hydrogens (tertiary/aromatic N) is 3. The number of H-pyrrole nitrogens is 1. The molecule has 0 spiro atoms. The van der Waals surface area contributed by atoms with Crippen LogP contribution in [0.1, 0.15) is 17.3 Å². The molecule has 0 aliphatic rings. The summed E-state index contributed by atoms with van der Waals surface area (Å²) in [6, 6.07) is 11.5. The maximum absolute atomic E-state index is 11.9. The maximum Gasteiger partial charge on any atom is 0.338 e. The fraction of sp³-hybridized carbons (Fsp3) is 0.167. The number of aromatic amines is 1. The third-order valence-corrected chi connectivity index (χ3v) is 5.21. The van der Waals surface area contributed by atoms with Gasteiger partial charge in [-0.3, -0.25) is 5.10 Å². The van der Waals surface area contributed by atoms with Crippen molar-refractivity contribution in [2.75, 3.05) is 18.2 Å². The molecule has 0 amide bonds. The maximum atomic E-state index is 11.9. The van der Waals surface area contributed by atoms with Crippen LogP contribution in [-0.4, -0.2) is 46.8 Å². The fourth-order valence-electron chi connectivity index (χ4n) is 2.82. The lowest BCUT2D eigenvalue weighted by molar-refractivity contribution is 0.0526. The number of esters is 1. The van der Waals surface area contributed by atoms with Crippen LogP contribution in [0.3, 0.4) is 0 Å². The highest BCUT2D eigenvalue weighted by atomic mass is 32.2. The van der Waals surface area contributed by atoms with E-state index in [1.165, 1.54) is 12.1 Å². The first-order chi connectivity index (χ1) is 13.3. The Bertz CT molecular complexity index is 1310. The standard InChI is InChI=1S/C18H17N5O4S/c1-3-27-16(24)11-7-8-15-14(9-11)20-18-21-17(22-23(15)18)19-12-5-4-6-13(10-12)28(2,25)26/h4-10H,3H2,1-2H3,(H2,19,20,21,22). The van der Waals surface area contributed by atoms with E-state index in [0.29, 0.717) is 35.1 Å². The van der Waals surface area contributed by atoms with Gasteiger partial charge in [0.05, 0.1) is 28.1 Å². The lowest BCUT2D eigenvalue weighted by Gasteiger charge is -2.04. The molecule has 4 aromatic rings. The Labute approximate surface area is 160 Å². The zero-order valence-electron chi connectivity index (χ0n) is 15.1. The minimum absolute atomic E-state index is 0.214. The second kappa shape index (κ2) is 6.64. The van der Waals surface area contributed by atoms with Crippen LogP contribution in [0.4, 0.5) is 11.6 Å². The van der Waals surface area contributed by atoms with Gasteiger partial charge in [0.25, 0.3) is 5.78 Å². The monoisotopic (exact) mass is 399 g/mol. The minimum Gasteiger partial charge on any atom is -0.462 e.